The SMILES string of the molecule is CCOC(=O)c1cnc2c(OC)cccc2c1Nc1ccccc1SC.Cl. The number of pyridine rings is 1. The van der Waals surface area contributed by atoms with Crippen LogP contribution in [0, 0.1) is 0 Å². The van der Waals surface area contributed by atoms with E-state index in [4.69, 9.17) is 9.47 Å². The number of carbonyl (C=O) groups is 1. The molecule has 0 unspecified atom stereocenters. The first-order valence-corrected chi connectivity index (χ1v) is 9.45. The number of carbonyl (C=O) groups excluding carboxylic acids is 1. The summed E-state index contributed by atoms with van der Waals surface area (Å²) in [6, 6.07) is 13.6. The predicted octanol–water partition coefficient (Wildman–Crippen LogP) is 5.31. The lowest BCUT2D eigenvalue weighted by molar-refractivity contribution is 0.0527. The van der Waals surface area contributed by atoms with Crippen molar-refractivity contribution in [1.82, 2.24) is 4.98 Å². The number of ether oxygens (including phenoxy) is 2. The number of aromatic nitrogens is 1. The highest BCUT2D eigenvalue weighted by Crippen LogP contribution is 2.36. The number of hydrogen-bond acceptors (Lipinski definition) is 6. The second-order valence-corrected chi connectivity index (χ2v) is 6.30. The molecule has 0 aliphatic heterocycles. The Morgan fingerprint density at radius 3 is 2.67 bits per heavy atom. The maximum Gasteiger partial charge on any atom is 0.341 e. The van der Waals surface area contributed by atoms with E-state index in [-0.39, 0.29) is 12.4 Å². The van der Waals surface area contributed by atoms with Gasteiger partial charge in [0, 0.05) is 16.5 Å². The molecule has 0 aliphatic rings. The third-order valence-electron chi connectivity index (χ3n) is 3.94. The number of rotatable bonds is 6. The standard InChI is InChI=1S/C20H20N2O3S.ClH/c1-4-25-20(23)14-12-21-19-13(8-7-10-16(19)24-2)18(14)22-15-9-5-6-11-17(15)26-3;/h5-12H,4H2,1-3H3,(H,21,22);1H. The van der Waals surface area contributed by atoms with Crippen LogP contribution in [-0.4, -0.2) is 30.9 Å². The minimum atomic E-state index is -0.408. The fraction of sp³-hybridized carbons (Fsp3) is 0.200. The summed E-state index contributed by atoms with van der Waals surface area (Å²) in [5.74, 6) is 0.243. The highest BCUT2D eigenvalue weighted by atomic mass is 35.5. The van der Waals surface area contributed by atoms with E-state index in [9.17, 15) is 4.79 Å². The summed E-state index contributed by atoms with van der Waals surface area (Å²) in [6.45, 7) is 2.08. The number of nitrogens with one attached hydrogen (secondary N) is 1. The van der Waals surface area contributed by atoms with Crippen LogP contribution in [0.15, 0.2) is 53.6 Å². The quantitative estimate of drug-likeness (QED) is 0.444. The molecule has 0 aliphatic carbocycles. The average molecular weight is 405 g/mol. The molecular weight excluding hydrogens is 384 g/mol. The summed E-state index contributed by atoms with van der Waals surface area (Å²) in [4.78, 5) is 18.0. The summed E-state index contributed by atoms with van der Waals surface area (Å²) < 4.78 is 10.6. The van der Waals surface area contributed by atoms with Gasteiger partial charge in [-0.25, -0.2) is 4.79 Å². The van der Waals surface area contributed by atoms with E-state index in [1.165, 1.54) is 6.20 Å². The number of para-hydroxylation sites is 2. The van der Waals surface area contributed by atoms with Crippen LogP contribution < -0.4 is 10.1 Å². The molecule has 0 spiro atoms. The topological polar surface area (TPSA) is 60.5 Å². The second-order valence-electron chi connectivity index (χ2n) is 5.45. The maximum atomic E-state index is 12.5. The fourth-order valence-corrected chi connectivity index (χ4v) is 3.30. The Morgan fingerprint density at radius 2 is 1.96 bits per heavy atom. The zero-order valence-electron chi connectivity index (χ0n) is 15.3. The molecule has 1 heterocycles. The van der Waals surface area contributed by atoms with E-state index in [1.807, 2.05) is 48.7 Å². The fourth-order valence-electron chi connectivity index (χ4n) is 2.74. The summed E-state index contributed by atoms with van der Waals surface area (Å²) >= 11 is 1.63. The molecule has 0 saturated heterocycles. The minimum absolute atomic E-state index is 0. The van der Waals surface area contributed by atoms with Crippen molar-refractivity contribution in [3.63, 3.8) is 0 Å². The van der Waals surface area contributed by atoms with Gasteiger partial charge in [0.25, 0.3) is 0 Å². The van der Waals surface area contributed by atoms with E-state index in [1.54, 1.807) is 25.8 Å². The van der Waals surface area contributed by atoms with Gasteiger partial charge in [0.2, 0.25) is 0 Å². The third kappa shape index (κ3) is 4.28. The first-order valence-electron chi connectivity index (χ1n) is 8.22. The van der Waals surface area contributed by atoms with Crippen molar-refractivity contribution >= 4 is 52.4 Å². The van der Waals surface area contributed by atoms with Crippen molar-refractivity contribution in [3.8, 4) is 5.75 Å². The zero-order valence-corrected chi connectivity index (χ0v) is 16.9. The number of halogens is 1. The number of hydrogen-bond donors (Lipinski definition) is 1. The van der Waals surface area contributed by atoms with Crippen molar-refractivity contribution < 1.29 is 14.3 Å². The van der Waals surface area contributed by atoms with E-state index >= 15 is 0 Å². The third-order valence-corrected chi connectivity index (χ3v) is 4.74. The van der Waals surface area contributed by atoms with Crippen LogP contribution in [0.3, 0.4) is 0 Å². The van der Waals surface area contributed by atoms with Gasteiger partial charge >= 0.3 is 5.97 Å². The van der Waals surface area contributed by atoms with Gasteiger partial charge in [-0.1, -0.05) is 24.3 Å². The molecule has 0 bridgehead atoms. The molecule has 142 valence electrons. The van der Waals surface area contributed by atoms with Gasteiger partial charge < -0.3 is 14.8 Å². The van der Waals surface area contributed by atoms with Gasteiger partial charge in [-0.15, -0.1) is 24.2 Å². The summed E-state index contributed by atoms with van der Waals surface area (Å²) in [7, 11) is 1.60. The van der Waals surface area contributed by atoms with E-state index in [0.29, 0.717) is 29.1 Å². The van der Waals surface area contributed by atoms with Crippen LogP contribution >= 0.6 is 24.2 Å². The van der Waals surface area contributed by atoms with Crippen molar-refractivity contribution in [2.24, 2.45) is 0 Å². The van der Waals surface area contributed by atoms with Crippen molar-refractivity contribution in [1.29, 1.82) is 0 Å². The molecule has 2 aromatic carbocycles. The lowest BCUT2D eigenvalue weighted by Gasteiger charge is -2.16. The van der Waals surface area contributed by atoms with Gasteiger partial charge in [-0.05, 0) is 31.4 Å². The van der Waals surface area contributed by atoms with Crippen molar-refractivity contribution in [2.75, 3.05) is 25.3 Å². The molecule has 0 amide bonds. The van der Waals surface area contributed by atoms with Crippen LogP contribution in [0.4, 0.5) is 11.4 Å². The lowest BCUT2D eigenvalue weighted by Crippen LogP contribution is -2.09. The van der Waals surface area contributed by atoms with Crippen LogP contribution in [0.1, 0.15) is 17.3 Å². The summed E-state index contributed by atoms with van der Waals surface area (Å²) in [6.07, 6.45) is 3.55. The Labute approximate surface area is 168 Å². The Bertz CT molecular complexity index is 950. The number of esters is 1. The first kappa shape index (κ1) is 20.9. The molecule has 0 saturated carbocycles. The Balaban J connectivity index is 0.00000261. The van der Waals surface area contributed by atoms with Crippen molar-refractivity contribution in [2.45, 2.75) is 11.8 Å². The van der Waals surface area contributed by atoms with Crippen LogP contribution in [0.5, 0.6) is 5.75 Å². The molecule has 1 aromatic heterocycles. The summed E-state index contributed by atoms with van der Waals surface area (Å²) in [5.41, 5.74) is 2.66. The molecule has 0 fully saturated rings. The summed E-state index contributed by atoms with van der Waals surface area (Å²) in [5, 5.41) is 4.21. The monoisotopic (exact) mass is 404 g/mol. The van der Waals surface area contributed by atoms with Crippen LogP contribution in [0.2, 0.25) is 0 Å². The van der Waals surface area contributed by atoms with Gasteiger partial charge in [0.05, 0.1) is 25.1 Å². The number of fused-ring (bicyclic) bond motifs is 1. The largest absolute Gasteiger partial charge is 0.494 e. The van der Waals surface area contributed by atoms with Gasteiger partial charge in [0.15, 0.2) is 0 Å². The molecule has 0 atom stereocenters. The molecule has 3 rings (SSSR count). The molecule has 7 heteroatoms. The first-order chi connectivity index (χ1) is 12.7. The second kappa shape index (κ2) is 9.48. The van der Waals surface area contributed by atoms with Gasteiger partial charge in [-0.3, -0.25) is 4.98 Å². The Morgan fingerprint density at radius 1 is 1.19 bits per heavy atom. The maximum absolute atomic E-state index is 12.5. The highest BCUT2D eigenvalue weighted by molar-refractivity contribution is 7.98. The molecule has 27 heavy (non-hydrogen) atoms. The normalized spacial score (nSPS) is 10.2. The zero-order chi connectivity index (χ0) is 18.5. The van der Waals surface area contributed by atoms with E-state index < -0.39 is 5.97 Å². The van der Waals surface area contributed by atoms with E-state index in [2.05, 4.69) is 10.3 Å². The van der Waals surface area contributed by atoms with Gasteiger partial charge in [-0.2, -0.15) is 0 Å². The van der Waals surface area contributed by atoms with E-state index in [0.717, 1.165) is 16.0 Å². The van der Waals surface area contributed by atoms with Crippen LogP contribution in [-0.2, 0) is 4.74 Å². The number of anilines is 2. The highest BCUT2D eigenvalue weighted by Gasteiger charge is 2.19. The minimum Gasteiger partial charge on any atom is -0.494 e. The van der Waals surface area contributed by atoms with Crippen molar-refractivity contribution in [3.05, 3.63) is 54.2 Å². The Hall–Kier alpha value is -2.44. The smallest absolute Gasteiger partial charge is 0.341 e. The number of methoxy groups -OCH3 is 1. The molecule has 0 radical (unpaired) electrons. The number of benzene rings is 2. The predicted molar refractivity (Wildman–Crippen MR) is 113 cm³/mol. The molecule has 1 N–H and O–H groups in total. The number of thioether (sulfide) groups is 1. The number of nitrogens with zero attached hydrogens (tertiary/aromatic N) is 1. The Kier molecular flexibility index (Phi) is 7.33. The molecular formula is C20H21ClN2O3S. The molecule has 3 aromatic rings. The average Bonchev–Trinajstić information content (AvgIpc) is 2.68. The van der Waals surface area contributed by atoms with Crippen LogP contribution in [0.25, 0.3) is 10.9 Å². The lowest BCUT2D eigenvalue weighted by atomic mass is 10.1. The molecule has 5 nitrogen and oxygen atoms in total. The van der Waals surface area contributed by atoms with Gasteiger partial charge in [0.1, 0.15) is 16.8 Å².